The number of aromatic nitrogens is 2. The zero-order valence-electron chi connectivity index (χ0n) is 19.4. The Morgan fingerprint density at radius 2 is 2.03 bits per heavy atom. The summed E-state index contributed by atoms with van der Waals surface area (Å²) in [5.41, 5.74) is 1.75. The second kappa shape index (κ2) is 10.7. The van der Waals surface area contributed by atoms with Gasteiger partial charge in [-0.25, -0.2) is 4.98 Å². The van der Waals surface area contributed by atoms with E-state index >= 15 is 0 Å². The standard InChI is InChI=1S/C25H29N5O3S/c1-29-16-19(27-23(32)24-28-20-10-3-4-11-21(20)34-24)9-5-8-18(13-22(29)31)25(33)30(2)15-17-7-6-12-26-14-17/h3-4,6-7,10-12,14,18-19H,5,8-9,13,15-16H2,1-2H3,(H,27,32)/t18-,19-/m1/s1. The molecule has 3 aromatic rings. The maximum absolute atomic E-state index is 13.1. The van der Waals surface area contributed by atoms with Crippen molar-refractivity contribution in [2.24, 2.45) is 5.92 Å². The van der Waals surface area contributed by atoms with E-state index in [-0.39, 0.29) is 36.1 Å². The summed E-state index contributed by atoms with van der Waals surface area (Å²) in [5, 5.41) is 3.47. The minimum Gasteiger partial charge on any atom is -0.345 e. The average Bonchev–Trinajstić information content (AvgIpc) is 3.29. The van der Waals surface area contributed by atoms with Crippen LogP contribution in [0.25, 0.3) is 10.2 Å². The molecule has 1 aromatic carbocycles. The van der Waals surface area contributed by atoms with Crippen LogP contribution in [0.3, 0.4) is 0 Å². The van der Waals surface area contributed by atoms with Gasteiger partial charge in [-0.1, -0.05) is 24.6 Å². The molecule has 2 aromatic heterocycles. The summed E-state index contributed by atoms with van der Waals surface area (Å²) in [7, 11) is 3.49. The van der Waals surface area contributed by atoms with Crippen molar-refractivity contribution in [1.82, 2.24) is 25.1 Å². The monoisotopic (exact) mass is 479 g/mol. The number of nitrogens with zero attached hydrogens (tertiary/aromatic N) is 4. The van der Waals surface area contributed by atoms with E-state index in [4.69, 9.17) is 0 Å². The maximum atomic E-state index is 13.1. The summed E-state index contributed by atoms with van der Waals surface area (Å²) in [5.74, 6) is -0.734. The lowest BCUT2D eigenvalue weighted by Gasteiger charge is -2.25. The molecule has 0 aliphatic carbocycles. The Kier molecular flexibility index (Phi) is 7.52. The Hall–Kier alpha value is -3.33. The van der Waals surface area contributed by atoms with Crippen LogP contribution in [0.5, 0.6) is 0 Å². The molecule has 8 nitrogen and oxygen atoms in total. The van der Waals surface area contributed by atoms with Crippen molar-refractivity contribution >= 4 is 39.3 Å². The van der Waals surface area contributed by atoms with Gasteiger partial charge in [0.1, 0.15) is 0 Å². The minimum absolute atomic E-state index is 0.0393. The molecule has 1 N–H and O–H groups in total. The molecule has 3 heterocycles. The second-order valence-electron chi connectivity index (χ2n) is 8.82. The molecule has 3 amide bonds. The fourth-order valence-corrected chi connectivity index (χ4v) is 5.17. The third-order valence-corrected chi connectivity index (χ3v) is 7.17. The lowest BCUT2D eigenvalue weighted by atomic mass is 9.95. The third-order valence-electron chi connectivity index (χ3n) is 6.14. The van der Waals surface area contributed by atoms with E-state index in [2.05, 4.69) is 15.3 Å². The van der Waals surface area contributed by atoms with E-state index < -0.39 is 0 Å². The Bertz CT molecular complexity index is 1130. The number of benzene rings is 1. The van der Waals surface area contributed by atoms with E-state index in [1.807, 2.05) is 36.4 Å². The first-order valence-electron chi connectivity index (χ1n) is 11.4. The first kappa shape index (κ1) is 23.8. The molecule has 34 heavy (non-hydrogen) atoms. The minimum atomic E-state index is -0.379. The quantitative estimate of drug-likeness (QED) is 0.607. The average molecular weight is 480 g/mol. The van der Waals surface area contributed by atoms with Gasteiger partial charge in [-0.05, 0) is 36.6 Å². The highest BCUT2D eigenvalue weighted by molar-refractivity contribution is 7.20. The van der Waals surface area contributed by atoms with Crippen LogP contribution < -0.4 is 5.32 Å². The van der Waals surface area contributed by atoms with E-state index in [0.29, 0.717) is 30.9 Å². The van der Waals surface area contributed by atoms with Gasteiger partial charge >= 0.3 is 0 Å². The Balaban J connectivity index is 1.39. The topological polar surface area (TPSA) is 95.5 Å². The van der Waals surface area contributed by atoms with Crippen LogP contribution in [0.4, 0.5) is 0 Å². The Labute approximate surface area is 203 Å². The van der Waals surface area contributed by atoms with E-state index in [9.17, 15) is 14.4 Å². The van der Waals surface area contributed by atoms with Gasteiger partial charge in [0.25, 0.3) is 5.91 Å². The third kappa shape index (κ3) is 5.77. The normalized spacial score (nSPS) is 19.2. The molecule has 0 unspecified atom stereocenters. The Morgan fingerprint density at radius 3 is 2.79 bits per heavy atom. The zero-order valence-corrected chi connectivity index (χ0v) is 20.3. The molecule has 1 aliphatic heterocycles. The molecule has 0 bridgehead atoms. The molecular weight excluding hydrogens is 450 g/mol. The summed E-state index contributed by atoms with van der Waals surface area (Å²) >= 11 is 1.36. The molecule has 0 spiro atoms. The first-order chi connectivity index (χ1) is 16.4. The summed E-state index contributed by atoms with van der Waals surface area (Å²) in [6.07, 6.45) is 5.64. The SMILES string of the molecule is CN1C[C@H](NC(=O)c2nc3ccccc3s2)CCC[C@@H](C(=O)N(C)Cc2cccnc2)CC1=O. The molecule has 2 atom stereocenters. The number of amides is 3. The van der Waals surface area contributed by atoms with Crippen molar-refractivity contribution in [2.75, 3.05) is 20.6 Å². The lowest BCUT2D eigenvalue weighted by molar-refractivity contribution is -0.140. The van der Waals surface area contributed by atoms with Crippen LogP contribution >= 0.6 is 11.3 Å². The first-order valence-corrected chi connectivity index (χ1v) is 12.3. The molecule has 1 saturated heterocycles. The summed E-state index contributed by atoms with van der Waals surface area (Å²) in [6.45, 7) is 0.857. The molecule has 0 radical (unpaired) electrons. The van der Waals surface area contributed by atoms with Crippen LogP contribution in [0, 0.1) is 5.92 Å². The zero-order chi connectivity index (χ0) is 24.1. The number of pyridine rings is 1. The molecule has 4 rings (SSSR count). The van der Waals surface area contributed by atoms with Crippen molar-refractivity contribution in [1.29, 1.82) is 0 Å². The fourth-order valence-electron chi connectivity index (χ4n) is 4.30. The van der Waals surface area contributed by atoms with Gasteiger partial charge in [-0.15, -0.1) is 11.3 Å². The number of carbonyl (C=O) groups is 3. The highest BCUT2D eigenvalue weighted by atomic mass is 32.1. The van der Waals surface area contributed by atoms with E-state index in [1.54, 1.807) is 36.3 Å². The van der Waals surface area contributed by atoms with Crippen molar-refractivity contribution in [3.05, 3.63) is 59.4 Å². The van der Waals surface area contributed by atoms with Crippen LogP contribution in [0.1, 0.15) is 41.0 Å². The number of likely N-dealkylation sites (N-methyl/N-ethyl adjacent to an activating group) is 1. The van der Waals surface area contributed by atoms with E-state index in [0.717, 1.165) is 22.2 Å². The number of thiazole rings is 1. The highest BCUT2D eigenvalue weighted by Gasteiger charge is 2.29. The Morgan fingerprint density at radius 1 is 1.21 bits per heavy atom. The summed E-state index contributed by atoms with van der Waals surface area (Å²) in [6, 6.07) is 11.2. The van der Waals surface area contributed by atoms with Crippen LogP contribution in [0.2, 0.25) is 0 Å². The largest absolute Gasteiger partial charge is 0.345 e. The van der Waals surface area contributed by atoms with Gasteiger partial charge < -0.3 is 15.1 Å². The molecular formula is C25H29N5O3S. The van der Waals surface area contributed by atoms with Gasteiger partial charge in [-0.2, -0.15) is 0 Å². The second-order valence-corrected chi connectivity index (χ2v) is 9.85. The lowest BCUT2D eigenvalue weighted by Crippen LogP contribution is -2.44. The van der Waals surface area contributed by atoms with Crippen LogP contribution in [-0.4, -0.2) is 64.2 Å². The van der Waals surface area contributed by atoms with Crippen molar-refractivity contribution in [3.63, 3.8) is 0 Å². The number of hydrogen-bond acceptors (Lipinski definition) is 6. The molecule has 9 heteroatoms. The summed E-state index contributed by atoms with van der Waals surface area (Å²) < 4.78 is 0.964. The molecule has 178 valence electrons. The predicted octanol–water partition coefficient (Wildman–Crippen LogP) is 3.10. The molecule has 1 aliphatic rings. The molecule has 1 fully saturated rings. The highest BCUT2D eigenvalue weighted by Crippen LogP contribution is 2.23. The van der Waals surface area contributed by atoms with Gasteiger partial charge in [0.05, 0.1) is 10.2 Å². The number of para-hydroxylation sites is 1. The van der Waals surface area contributed by atoms with Crippen molar-refractivity contribution in [3.8, 4) is 0 Å². The fraction of sp³-hybridized carbons (Fsp3) is 0.400. The number of nitrogens with one attached hydrogen (secondary N) is 1. The maximum Gasteiger partial charge on any atom is 0.280 e. The predicted molar refractivity (Wildman–Crippen MR) is 131 cm³/mol. The van der Waals surface area contributed by atoms with Crippen LogP contribution in [0.15, 0.2) is 48.8 Å². The van der Waals surface area contributed by atoms with Crippen molar-refractivity contribution < 1.29 is 14.4 Å². The molecule has 0 saturated carbocycles. The van der Waals surface area contributed by atoms with Gasteiger partial charge in [0.15, 0.2) is 5.01 Å². The number of hydrogen-bond donors (Lipinski definition) is 1. The van der Waals surface area contributed by atoms with Crippen LogP contribution in [-0.2, 0) is 16.1 Å². The smallest absolute Gasteiger partial charge is 0.280 e. The van der Waals surface area contributed by atoms with Gasteiger partial charge in [0.2, 0.25) is 11.8 Å². The number of rotatable bonds is 5. The van der Waals surface area contributed by atoms with Gasteiger partial charge in [0, 0.05) is 58.0 Å². The number of fused-ring (bicyclic) bond motifs is 1. The number of carbonyl (C=O) groups excluding carboxylic acids is 3. The van der Waals surface area contributed by atoms with E-state index in [1.165, 1.54) is 11.3 Å². The summed E-state index contributed by atoms with van der Waals surface area (Å²) in [4.78, 5) is 50.7. The van der Waals surface area contributed by atoms with Crippen molar-refractivity contribution in [2.45, 2.75) is 38.3 Å². The van der Waals surface area contributed by atoms with Gasteiger partial charge in [-0.3, -0.25) is 19.4 Å².